The minimum Gasteiger partial charge on any atom is -0.493 e. The molecule has 0 spiro atoms. The molecule has 4 heterocycles. The first-order valence-electron chi connectivity index (χ1n) is 13.0. The van der Waals surface area contributed by atoms with Crippen LogP contribution >= 0.6 is 0 Å². The van der Waals surface area contributed by atoms with E-state index in [1.807, 2.05) is 51.1 Å². The highest BCUT2D eigenvalue weighted by Crippen LogP contribution is 2.49. The third kappa shape index (κ3) is 4.11. The number of amides is 1. The largest absolute Gasteiger partial charge is 0.493 e. The lowest BCUT2D eigenvalue weighted by atomic mass is 9.92. The summed E-state index contributed by atoms with van der Waals surface area (Å²) in [6.07, 6.45) is -4.17. The van der Waals surface area contributed by atoms with E-state index in [4.69, 9.17) is 5.10 Å². The van der Waals surface area contributed by atoms with Crippen LogP contribution in [0.25, 0.3) is 5.69 Å². The van der Waals surface area contributed by atoms with Gasteiger partial charge < -0.3 is 10.0 Å². The van der Waals surface area contributed by atoms with Crippen molar-refractivity contribution in [3.8, 4) is 11.6 Å². The molecular weight excluding hydrogens is 523 g/mol. The van der Waals surface area contributed by atoms with E-state index in [1.165, 1.54) is 16.7 Å². The van der Waals surface area contributed by atoms with E-state index < -0.39 is 35.4 Å². The number of imidazole rings is 1. The number of fused-ring (bicyclic) bond motifs is 5. The SMILES string of the molecule is CC(C)(C)c1cc(C(=O)N2C[C@@H]3C[C@H]2c2c(O)n(-c4cccc(C(F)(F)F)c4)c(=O)n23)n(Cc2ccccc2)n1. The van der Waals surface area contributed by atoms with Crippen molar-refractivity contribution in [3.63, 3.8) is 0 Å². The molecule has 2 bridgehead atoms. The molecule has 2 atom stereocenters. The van der Waals surface area contributed by atoms with Gasteiger partial charge in [0, 0.05) is 12.0 Å². The van der Waals surface area contributed by atoms with Gasteiger partial charge in [0.2, 0.25) is 5.88 Å². The van der Waals surface area contributed by atoms with Crippen LogP contribution in [0.3, 0.4) is 0 Å². The van der Waals surface area contributed by atoms with Crippen molar-refractivity contribution in [2.24, 2.45) is 0 Å². The first kappa shape index (κ1) is 26.0. The lowest BCUT2D eigenvalue weighted by Crippen LogP contribution is -2.38. The first-order chi connectivity index (χ1) is 18.8. The molecule has 6 rings (SSSR count). The maximum Gasteiger partial charge on any atom is 0.416 e. The van der Waals surface area contributed by atoms with Crippen molar-refractivity contribution in [2.75, 3.05) is 6.54 Å². The number of benzene rings is 2. The summed E-state index contributed by atoms with van der Waals surface area (Å²) in [4.78, 5) is 28.9. The van der Waals surface area contributed by atoms with Gasteiger partial charge >= 0.3 is 11.9 Å². The summed E-state index contributed by atoms with van der Waals surface area (Å²) in [5, 5.41) is 15.9. The third-order valence-electron chi connectivity index (χ3n) is 7.69. The third-order valence-corrected chi connectivity index (χ3v) is 7.69. The number of rotatable bonds is 4. The van der Waals surface area contributed by atoms with Crippen LogP contribution in [0.5, 0.6) is 5.88 Å². The van der Waals surface area contributed by atoms with Crippen molar-refractivity contribution in [1.82, 2.24) is 23.8 Å². The van der Waals surface area contributed by atoms with E-state index in [0.29, 0.717) is 18.7 Å². The number of halogens is 3. The number of carbonyl (C=O) groups is 1. The van der Waals surface area contributed by atoms with Gasteiger partial charge in [-0.1, -0.05) is 57.2 Å². The highest BCUT2D eigenvalue weighted by Gasteiger charge is 2.50. The van der Waals surface area contributed by atoms with Crippen molar-refractivity contribution in [1.29, 1.82) is 0 Å². The number of aromatic hydroxyl groups is 1. The van der Waals surface area contributed by atoms with Crippen molar-refractivity contribution >= 4 is 5.91 Å². The van der Waals surface area contributed by atoms with Crippen molar-refractivity contribution < 1.29 is 23.1 Å². The second-order valence-electron chi connectivity index (χ2n) is 11.4. The number of carbonyl (C=O) groups excluding carboxylic acids is 1. The predicted molar refractivity (Wildman–Crippen MR) is 141 cm³/mol. The van der Waals surface area contributed by atoms with E-state index in [9.17, 15) is 27.9 Å². The molecule has 1 fully saturated rings. The molecule has 0 unspecified atom stereocenters. The monoisotopic (exact) mass is 551 g/mol. The molecule has 8 nitrogen and oxygen atoms in total. The highest BCUT2D eigenvalue weighted by atomic mass is 19.4. The first-order valence-corrected chi connectivity index (χ1v) is 13.0. The number of alkyl halides is 3. The summed E-state index contributed by atoms with van der Waals surface area (Å²) in [6.45, 7) is 6.68. The lowest BCUT2D eigenvalue weighted by Gasteiger charge is -2.27. The summed E-state index contributed by atoms with van der Waals surface area (Å²) in [5.74, 6) is -0.737. The fourth-order valence-corrected chi connectivity index (χ4v) is 5.70. The molecule has 0 saturated carbocycles. The average Bonchev–Trinajstić information content (AvgIpc) is 3.65. The number of likely N-dealkylation sites (tertiary alicyclic amines) is 1. The molecule has 40 heavy (non-hydrogen) atoms. The number of nitrogens with zero attached hydrogens (tertiary/aromatic N) is 5. The molecule has 1 amide bonds. The molecule has 4 aromatic rings. The minimum absolute atomic E-state index is 0.0905. The van der Waals surface area contributed by atoms with Gasteiger partial charge in [-0.15, -0.1) is 0 Å². The Morgan fingerprint density at radius 1 is 1.05 bits per heavy atom. The van der Waals surface area contributed by atoms with Crippen molar-refractivity contribution in [2.45, 2.75) is 57.4 Å². The van der Waals surface area contributed by atoms with Gasteiger partial charge in [0.15, 0.2) is 0 Å². The Hall–Kier alpha value is -4.28. The quantitative estimate of drug-likeness (QED) is 0.385. The Kier molecular flexibility index (Phi) is 5.76. The van der Waals surface area contributed by atoms with E-state index >= 15 is 0 Å². The minimum atomic E-state index is -4.60. The molecular formula is C29H28F3N5O3. The Morgan fingerprint density at radius 2 is 1.77 bits per heavy atom. The van der Waals surface area contributed by atoms with Crippen LogP contribution in [0.2, 0.25) is 0 Å². The van der Waals surface area contributed by atoms with Crippen LogP contribution in [0.1, 0.15) is 72.3 Å². The Bertz CT molecular complexity index is 1680. The van der Waals surface area contributed by atoms with E-state index in [-0.39, 0.29) is 29.2 Å². The molecule has 2 aliphatic heterocycles. The van der Waals surface area contributed by atoms with Gasteiger partial charge in [0.05, 0.1) is 35.6 Å². The number of hydrogen-bond donors (Lipinski definition) is 1. The summed E-state index contributed by atoms with van der Waals surface area (Å²) in [5.41, 5.74) is 0.414. The molecule has 1 saturated heterocycles. The van der Waals surface area contributed by atoms with Crippen LogP contribution in [-0.2, 0) is 18.1 Å². The fraction of sp³-hybridized carbons (Fsp3) is 0.345. The summed E-state index contributed by atoms with van der Waals surface area (Å²) >= 11 is 0. The van der Waals surface area contributed by atoms with E-state index in [0.717, 1.165) is 28.0 Å². The van der Waals surface area contributed by atoms with E-state index in [2.05, 4.69) is 0 Å². The zero-order chi connectivity index (χ0) is 28.6. The van der Waals surface area contributed by atoms with Crippen LogP contribution < -0.4 is 5.69 Å². The smallest absolute Gasteiger partial charge is 0.416 e. The maximum absolute atomic E-state index is 14.0. The molecule has 11 heteroatoms. The van der Waals surface area contributed by atoms with E-state index in [1.54, 1.807) is 15.6 Å². The van der Waals surface area contributed by atoms with Gasteiger partial charge in [-0.25, -0.2) is 9.36 Å². The van der Waals surface area contributed by atoms with Gasteiger partial charge in [-0.3, -0.25) is 14.0 Å². The molecule has 0 aliphatic carbocycles. The molecule has 208 valence electrons. The van der Waals surface area contributed by atoms with Crippen LogP contribution in [0.15, 0.2) is 65.5 Å². The maximum atomic E-state index is 14.0. The summed E-state index contributed by atoms with van der Waals surface area (Å²) in [6, 6.07) is 14.7. The van der Waals surface area contributed by atoms with Crippen LogP contribution in [0, 0.1) is 0 Å². The van der Waals surface area contributed by atoms with Crippen LogP contribution in [-0.4, -0.2) is 41.4 Å². The average molecular weight is 552 g/mol. The normalized spacial score (nSPS) is 18.4. The standard InChI is InChI=1S/C29H28F3N5O3/c1-28(2,3)23-14-22(35(33-23)15-17-8-5-4-6-9-17)25(38)34-16-20-13-21(34)24-26(39)37(27(40)36(20)24)19-11-7-10-18(12-19)29(30,31)32/h4-12,14,20-21,39H,13,15-16H2,1-3H3/t20-,21-/m0/s1. The fourth-order valence-electron chi connectivity index (χ4n) is 5.70. The second kappa shape index (κ2) is 8.87. The predicted octanol–water partition coefficient (Wildman–Crippen LogP) is 5.05. The Morgan fingerprint density at radius 3 is 2.45 bits per heavy atom. The van der Waals surface area contributed by atoms with Gasteiger partial charge in [-0.05, 0) is 36.2 Å². The Labute approximate surface area is 227 Å². The molecule has 1 N–H and O–H groups in total. The molecule has 2 aromatic heterocycles. The molecule has 0 radical (unpaired) electrons. The zero-order valence-corrected chi connectivity index (χ0v) is 22.2. The Balaban J connectivity index is 1.38. The number of aromatic nitrogens is 4. The van der Waals surface area contributed by atoms with Gasteiger partial charge in [0.1, 0.15) is 11.4 Å². The summed E-state index contributed by atoms with van der Waals surface area (Å²) < 4.78 is 43.9. The number of hydrogen-bond acceptors (Lipinski definition) is 4. The summed E-state index contributed by atoms with van der Waals surface area (Å²) in [7, 11) is 0. The molecule has 2 aliphatic rings. The van der Waals surface area contributed by atoms with Crippen LogP contribution in [0.4, 0.5) is 13.2 Å². The highest BCUT2D eigenvalue weighted by molar-refractivity contribution is 5.93. The second-order valence-corrected chi connectivity index (χ2v) is 11.4. The molecule has 2 aromatic carbocycles. The van der Waals surface area contributed by atoms with Crippen molar-refractivity contribution in [3.05, 3.63) is 99.4 Å². The topological polar surface area (TPSA) is 85.3 Å². The lowest BCUT2D eigenvalue weighted by molar-refractivity contribution is -0.137. The van der Waals surface area contributed by atoms with Gasteiger partial charge in [0.25, 0.3) is 5.91 Å². The van der Waals surface area contributed by atoms with Gasteiger partial charge in [-0.2, -0.15) is 18.3 Å². The zero-order valence-electron chi connectivity index (χ0n) is 22.2.